The van der Waals surface area contributed by atoms with Gasteiger partial charge in [-0.2, -0.15) is 0 Å². The lowest BCUT2D eigenvalue weighted by Crippen LogP contribution is -2.30. The summed E-state index contributed by atoms with van der Waals surface area (Å²) < 4.78 is 0. The Bertz CT molecular complexity index is 288. The molecule has 0 aromatic carbocycles. The van der Waals surface area contributed by atoms with Gasteiger partial charge in [0.1, 0.15) is 5.78 Å². The molecule has 0 saturated heterocycles. The highest BCUT2D eigenvalue weighted by Crippen LogP contribution is 2.31. The minimum Gasteiger partial charge on any atom is -0.393 e. The van der Waals surface area contributed by atoms with Crippen LogP contribution in [-0.2, 0) is 4.79 Å². The van der Waals surface area contributed by atoms with E-state index in [0.29, 0.717) is 24.2 Å². The van der Waals surface area contributed by atoms with Crippen molar-refractivity contribution in [1.82, 2.24) is 0 Å². The molecule has 0 aliphatic heterocycles. The molecule has 0 fully saturated rings. The lowest BCUT2D eigenvalue weighted by atomic mass is 9.76. The second-order valence-corrected chi connectivity index (χ2v) is 7.94. The van der Waals surface area contributed by atoms with Gasteiger partial charge >= 0.3 is 0 Å². The Labute approximate surface area is 126 Å². The van der Waals surface area contributed by atoms with E-state index < -0.39 is 6.10 Å². The first-order valence-electron chi connectivity index (χ1n) is 8.21. The van der Waals surface area contributed by atoms with Crippen molar-refractivity contribution in [2.45, 2.75) is 80.8 Å². The van der Waals surface area contributed by atoms with Crippen LogP contribution in [0.1, 0.15) is 74.7 Å². The average molecular weight is 284 g/mol. The number of aliphatic hydroxyl groups is 1. The number of rotatable bonds is 8. The fraction of sp³-hybridized carbons (Fsp3) is 0.944. The zero-order chi connectivity index (χ0) is 16.1. The van der Waals surface area contributed by atoms with E-state index in [1.807, 2.05) is 6.92 Å². The second kappa shape index (κ2) is 8.17. The van der Waals surface area contributed by atoms with Gasteiger partial charge in [0.25, 0.3) is 0 Å². The first-order chi connectivity index (χ1) is 9.00. The Morgan fingerprint density at radius 1 is 1.10 bits per heavy atom. The number of hydrogen-bond donors (Lipinski definition) is 1. The Morgan fingerprint density at radius 2 is 1.60 bits per heavy atom. The van der Waals surface area contributed by atoms with Crippen LogP contribution in [0.25, 0.3) is 0 Å². The highest BCUT2D eigenvalue weighted by molar-refractivity contribution is 5.81. The number of carbonyl (C=O) groups is 1. The Kier molecular flexibility index (Phi) is 8.01. The van der Waals surface area contributed by atoms with Gasteiger partial charge in [-0.3, -0.25) is 4.79 Å². The number of ketones is 1. The van der Waals surface area contributed by atoms with E-state index in [2.05, 4.69) is 48.5 Å². The molecule has 0 radical (unpaired) electrons. The SMILES string of the molecule is CCC(C)C(CC(O)CC(=O)C(C)C(C)(C)C)C(C)C. The molecule has 2 nitrogen and oxygen atoms in total. The summed E-state index contributed by atoms with van der Waals surface area (Å²) in [6.07, 6.45) is 1.68. The van der Waals surface area contributed by atoms with Crippen LogP contribution in [0.4, 0.5) is 0 Å². The van der Waals surface area contributed by atoms with Crippen molar-refractivity contribution in [2.75, 3.05) is 0 Å². The van der Waals surface area contributed by atoms with Crippen LogP contribution in [-0.4, -0.2) is 17.0 Å². The molecule has 0 aromatic rings. The van der Waals surface area contributed by atoms with Gasteiger partial charge < -0.3 is 5.11 Å². The Morgan fingerprint density at radius 3 is 1.95 bits per heavy atom. The summed E-state index contributed by atoms with van der Waals surface area (Å²) >= 11 is 0. The molecule has 0 heterocycles. The van der Waals surface area contributed by atoms with Crippen LogP contribution >= 0.6 is 0 Å². The summed E-state index contributed by atoms with van der Waals surface area (Å²) in [5.74, 6) is 1.83. The van der Waals surface area contributed by atoms with E-state index in [4.69, 9.17) is 0 Å². The van der Waals surface area contributed by atoms with Gasteiger partial charge in [0.15, 0.2) is 0 Å². The minimum absolute atomic E-state index is 0.00162. The van der Waals surface area contributed by atoms with E-state index >= 15 is 0 Å². The second-order valence-electron chi connectivity index (χ2n) is 7.94. The molecule has 4 unspecified atom stereocenters. The van der Waals surface area contributed by atoms with E-state index in [9.17, 15) is 9.90 Å². The molecule has 120 valence electrons. The van der Waals surface area contributed by atoms with E-state index in [-0.39, 0.29) is 17.1 Å². The van der Waals surface area contributed by atoms with Gasteiger partial charge in [0.05, 0.1) is 6.10 Å². The maximum absolute atomic E-state index is 12.2. The van der Waals surface area contributed by atoms with Crippen molar-refractivity contribution in [3.05, 3.63) is 0 Å². The maximum Gasteiger partial charge on any atom is 0.138 e. The standard InChI is InChI=1S/C18H36O2/c1-9-13(4)16(12(2)3)10-15(19)11-17(20)14(5)18(6,7)8/h12-16,19H,9-11H2,1-8H3. The Balaban J connectivity index is 4.54. The largest absolute Gasteiger partial charge is 0.393 e. The third kappa shape index (κ3) is 6.39. The van der Waals surface area contributed by atoms with Crippen molar-refractivity contribution in [2.24, 2.45) is 29.1 Å². The average Bonchev–Trinajstić information content (AvgIpc) is 2.32. The summed E-state index contributed by atoms with van der Waals surface area (Å²) in [4.78, 5) is 12.2. The molecule has 0 spiro atoms. The molecule has 1 N–H and O–H groups in total. The lowest BCUT2D eigenvalue weighted by molar-refractivity contribution is -0.127. The van der Waals surface area contributed by atoms with Crippen LogP contribution in [0.15, 0.2) is 0 Å². The maximum atomic E-state index is 12.2. The van der Waals surface area contributed by atoms with E-state index in [1.165, 1.54) is 0 Å². The van der Waals surface area contributed by atoms with Crippen LogP contribution in [0.2, 0.25) is 0 Å². The van der Waals surface area contributed by atoms with Crippen LogP contribution in [0, 0.1) is 29.1 Å². The van der Waals surface area contributed by atoms with Gasteiger partial charge in [0.2, 0.25) is 0 Å². The molecule has 0 aromatic heterocycles. The summed E-state index contributed by atoms with van der Waals surface area (Å²) in [6, 6.07) is 0. The summed E-state index contributed by atoms with van der Waals surface area (Å²) in [5.41, 5.74) is -0.0229. The quantitative estimate of drug-likeness (QED) is 0.701. The first kappa shape index (κ1) is 19.6. The molecule has 0 saturated carbocycles. The highest BCUT2D eigenvalue weighted by atomic mass is 16.3. The predicted octanol–water partition coefficient (Wildman–Crippen LogP) is 4.70. The molecule has 2 heteroatoms. The van der Waals surface area contributed by atoms with Gasteiger partial charge in [0, 0.05) is 12.3 Å². The van der Waals surface area contributed by atoms with Crippen molar-refractivity contribution in [1.29, 1.82) is 0 Å². The molecule has 0 bridgehead atoms. The minimum atomic E-state index is -0.492. The predicted molar refractivity (Wildman–Crippen MR) is 86.6 cm³/mol. The van der Waals surface area contributed by atoms with Crippen molar-refractivity contribution >= 4 is 5.78 Å². The van der Waals surface area contributed by atoms with Gasteiger partial charge in [-0.15, -0.1) is 0 Å². The number of Topliss-reactive ketones (excluding diaryl/α,β-unsaturated/α-hetero) is 1. The van der Waals surface area contributed by atoms with E-state index in [0.717, 1.165) is 12.8 Å². The highest BCUT2D eigenvalue weighted by Gasteiger charge is 2.29. The van der Waals surface area contributed by atoms with Gasteiger partial charge in [-0.25, -0.2) is 0 Å². The monoisotopic (exact) mass is 284 g/mol. The normalized spacial score (nSPS) is 18.7. The first-order valence-corrected chi connectivity index (χ1v) is 8.21. The zero-order valence-electron chi connectivity index (χ0n) is 14.9. The smallest absolute Gasteiger partial charge is 0.138 e. The van der Waals surface area contributed by atoms with Crippen LogP contribution in [0.5, 0.6) is 0 Å². The molecule has 0 amide bonds. The third-order valence-electron chi connectivity index (χ3n) is 4.99. The number of carbonyl (C=O) groups excluding carboxylic acids is 1. The third-order valence-corrected chi connectivity index (χ3v) is 4.99. The van der Waals surface area contributed by atoms with Crippen molar-refractivity contribution < 1.29 is 9.90 Å². The molecule has 0 aliphatic carbocycles. The fourth-order valence-electron chi connectivity index (χ4n) is 2.75. The number of hydrogen-bond acceptors (Lipinski definition) is 2. The van der Waals surface area contributed by atoms with E-state index in [1.54, 1.807) is 0 Å². The molecule has 0 aliphatic rings. The molecule has 0 rings (SSSR count). The molecule has 4 atom stereocenters. The van der Waals surface area contributed by atoms with Crippen molar-refractivity contribution in [3.63, 3.8) is 0 Å². The fourth-order valence-corrected chi connectivity index (χ4v) is 2.75. The number of aliphatic hydroxyl groups excluding tert-OH is 1. The topological polar surface area (TPSA) is 37.3 Å². The van der Waals surface area contributed by atoms with Crippen molar-refractivity contribution in [3.8, 4) is 0 Å². The zero-order valence-corrected chi connectivity index (χ0v) is 14.9. The lowest BCUT2D eigenvalue weighted by Gasteiger charge is -2.30. The Hall–Kier alpha value is -0.370. The van der Waals surface area contributed by atoms with Gasteiger partial charge in [-0.1, -0.05) is 61.8 Å². The van der Waals surface area contributed by atoms with Crippen LogP contribution < -0.4 is 0 Å². The molecular formula is C18H36O2. The molecule has 20 heavy (non-hydrogen) atoms. The summed E-state index contributed by atoms with van der Waals surface area (Å²) in [7, 11) is 0. The van der Waals surface area contributed by atoms with Crippen LogP contribution in [0.3, 0.4) is 0 Å². The van der Waals surface area contributed by atoms with Gasteiger partial charge in [-0.05, 0) is 29.6 Å². The summed E-state index contributed by atoms with van der Waals surface area (Å²) in [6.45, 7) is 17.1. The summed E-state index contributed by atoms with van der Waals surface area (Å²) in [5, 5.41) is 10.3. The molecular weight excluding hydrogens is 248 g/mol.